The van der Waals surface area contributed by atoms with Gasteiger partial charge in [0.2, 0.25) is 0 Å². The first-order valence-electron chi connectivity index (χ1n) is 22.6. The summed E-state index contributed by atoms with van der Waals surface area (Å²) in [4.78, 5) is 4.66. The molecule has 8 rings (SSSR count). The minimum atomic E-state index is 0.479. The molecule has 7 aromatic carbocycles. The highest BCUT2D eigenvalue weighted by Crippen LogP contribution is 2.49. The molecule has 0 aliphatic rings. The van der Waals surface area contributed by atoms with E-state index in [2.05, 4.69) is 223 Å². The Kier molecular flexibility index (Phi) is 12.8. The molecule has 326 valence electrons. The van der Waals surface area contributed by atoms with Crippen LogP contribution in [0.4, 0.5) is 22.7 Å². The molecule has 65 heavy (non-hydrogen) atoms. The third kappa shape index (κ3) is 8.69. The molecule has 0 atom stereocenters. The molecule has 4 heteroatoms. The number of furan rings is 1. The first-order valence-corrected chi connectivity index (χ1v) is 22.6. The third-order valence-electron chi connectivity index (χ3n) is 12.4. The second-order valence-corrected chi connectivity index (χ2v) is 17.4. The Morgan fingerprint density at radius 1 is 0.646 bits per heavy atom. The lowest BCUT2D eigenvalue weighted by Crippen LogP contribution is -2.20. The summed E-state index contributed by atoms with van der Waals surface area (Å²) in [6.45, 7) is 28.2. The Bertz CT molecular complexity index is 3270. The molecule has 0 N–H and O–H groups in total. The van der Waals surface area contributed by atoms with Crippen LogP contribution >= 0.6 is 0 Å². The fourth-order valence-corrected chi connectivity index (χ4v) is 8.99. The SMILES string of the molecule is C=C(C)/C=C\C/C=C(/C)COc1ccccc1N(c1ccc(C)cc1C)c1ccc2ccc3c(N(C(=C)/C=C\C(C)=C/C)/C(=C/C)c4oc5c(C)cccc5c4C)ccc4ccc1c2c43. The maximum atomic E-state index is 6.81. The topological polar surface area (TPSA) is 28.9 Å². The Labute approximate surface area is 385 Å². The summed E-state index contributed by atoms with van der Waals surface area (Å²) < 4.78 is 13.5. The van der Waals surface area contributed by atoms with Crippen molar-refractivity contribution in [2.75, 3.05) is 16.4 Å². The minimum Gasteiger partial charge on any atom is -0.487 e. The molecule has 0 fully saturated rings. The molecule has 0 aliphatic heterocycles. The van der Waals surface area contributed by atoms with Crippen LogP contribution in [-0.2, 0) is 0 Å². The number of fused-ring (bicyclic) bond motifs is 1. The molecule has 8 aromatic rings. The van der Waals surface area contributed by atoms with E-state index in [1.807, 2.05) is 6.92 Å². The van der Waals surface area contributed by atoms with E-state index in [4.69, 9.17) is 15.7 Å². The second-order valence-electron chi connectivity index (χ2n) is 17.4. The van der Waals surface area contributed by atoms with Gasteiger partial charge in [-0.3, -0.25) is 0 Å². The summed E-state index contributed by atoms with van der Waals surface area (Å²) in [6, 6.07) is 39.6. The average molecular weight is 853 g/mol. The smallest absolute Gasteiger partial charge is 0.154 e. The van der Waals surface area contributed by atoms with Crippen LogP contribution in [0.15, 0.2) is 192 Å². The zero-order valence-electron chi connectivity index (χ0n) is 39.5. The van der Waals surface area contributed by atoms with E-state index in [1.165, 1.54) is 38.2 Å². The quantitative estimate of drug-likeness (QED) is 0.0584. The molecular formula is C61H60N2O2. The highest BCUT2D eigenvalue weighted by molar-refractivity contribution is 6.28. The molecule has 0 radical (unpaired) electrons. The Hall–Kier alpha value is -7.30. The second kappa shape index (κ2) is 18.8. The third-order valence-corrected chi connectivity index (χ3v) is 12.4. The van der Waals surface area contributed by atoms with Gasteiger partial charge in [-0.25, -0.2) is 0 Å². The van der Waals surface area contributed by atoms with Crippen molar-refractivity contribution in [3.63, 3.8) is 0 Å². The van der Waals surface area contributed by atoms with Gasteiger partial charge in [-0.15, -0.1) is 0 Å². The average Bonchev–Trinajstić information content (AvgIpc) is 3.64. The van der Waals surface area contributed by atoms with E-state index < -0.39 is 0 Å². The number of rotatable bonds is 15. The van der Waals surface area contributed by atoms with Crippen molar-refractivity contribution >= 4 is 71.7 Å². The Balaban J connectivity index is 1.33. The Morgan fingerprint density at radius 2 is 1.32 bits per heavy atom. The number of ether oxygens (including phenoxy) is 1. The fraction of sp³-hybridized carbons (Fsp3) is 0.180. The van der Waals surface area contributed by atoms with Crippen LogP contribution < -0.4 is 14.5 Å². The molecule has 1 heterocycles. The Morgan fingerprint density at radius 3 is 2.00 bits per heavy atom. The van der Waals surface area contributed by atoms with Crippen LogP contribution in [0.25, 0.3) is 49.0 Å². The van der Waals surface area contributed by atoms with Crippen LogP contribution in [0, 0.1) is 27.7 Å². The van der Waals surface area contributed by atoms with Gasteiger partial charge in [0.25, 0.3) is 0 Å². The molecule has 1 aromatic heterocycles. The van der Waals surface area contributed by atoms with E-state index >= 15 is 0 Å². The predicted molar refractivity (Wildman–Crippen MR) is 282 cm³/mol. The van der Waals surface area contributed by atoms with Crippen LogP contribution in [0.2, 0.25) is 0 Å². The van der Waals surface area contributed by atoms with E-state index in [1.54, 1.807) is 0 Å². The molecule has 4 nitrogen and oxygen atoms in total. The summed E-state index contributed by atoms with van der Waals surface area (Å²) in [6.07, 6.45) is 15.7. The van der Waals surface area contributed by atoms with Crippen molar-refractivity contribution in [3.8, 4) is 5.75 Å². The lowest BCUT2D eigenvalue weighted by molar-refractivity contribution is 0.353. The van der Waals surface area contributed by atoms with Crippen LogP contribution in [0.3, 0.4) is 0 Å². The molecule has 0 aliphatic carbocycles. The fourth-order valence-electron chi connectivity index (χ4n) is 8.99. The lowest BCUT2D eigenvalue weighted by atomic mass is 9.91. The van der Waals surface area contributed by atoms with Gasteiger partial charge in [0.1, 0.15) is 17.9 Å². The number of allylic oxidation sites excluding steroid dienone is 9. The number of para-hydroxylation sites is 3. The maximum absolute atomic E-state index is 6.81. The first kappa shape index (κ1) is 44.3. The van der Waals surface area contributed by atoms with E-state index in [0.29, 0.717) is 6.61 Å². The molecule has 0 bridgehead atoms. The molecule has 0 spiro atoms. The monoisotopic (exact) mass is 852 g/mol. The highest BCUT2D eigenvalue weighted by Gasteiger charge is 2.27. The highest BCUT2D eigenvalue weighted by atomic mass is 16.5. The zero-order chi connectivity index (χ0) is 45.9. The lowest BCUT2D eigenvalue weighted by Gasteiger charge is -2.31. The van der Waals surface area contributed by atoms with Crippen LogP contribution in [0.1, 0.15) is 69.1 Å². The normalized spacial score (nSPS) is 12.8. The van der Waals surface area contributed by atoms with Crippen LogP contribution in [0.5, 0.6) is 5.75 Å². The number of aryl methyl sites for hydroxylation is 4. The summed E-state index contributed by atoms with van der Waals surface area (Å²) in [5, 5.41) is 8.14. The maximum Gasteiger partial charge on any atom is 0.154 e. The summed E-state index contributed by atoms with van der Waals surface area (Å²) in [7, 11) is 0. The van der Waals surface area contributed by atoms with Gasteiger partial charge in [-0.2, -0.15) is 0 Å². The molecule has 0 amide bonds. The van der Waals surface area contributed by atoms with Crippen molar-refractivity contribution in [2.45, 2.75) is 68.7 Å². The van der Waals surface area contributed by atoms with Crippen molar-refractivity contribution in [1.82, 2.24) is 0 Å². The van der Waals surface area contributed by atoms with Gasteiger partial charge in [0.15, 0.2) is 5.76 Å². The van der Waals surface area contributed by atoms with E-state index in [0.717, 1.165) is 96.1 Å². The van der Waals surface area contributed by atoms with Crippen molar-refractivity contribution in [3.05, 3.63) is 215 Å². The van der Waals surface area contributed by atoms with Crippen molar-refractivity contribution in [1.29, 1.82) is 0 Å². The number of anilines is 4. The van der Waals surface area contributed by atoms with Gasteiger partial charge in [-0.1, -0.05) is 145 Å². The van der Waals surface area contributed by atoms with Crippen LogP contribution in [-0.4, -0.2) is 6.61 Å². The molecule has 0 saturated heterocycles. The van der Waals surface area contributed by atoms with Gasteiger partial charge in [-0.05, 0) is 143 Å². The van der Waals surface area contributed by atoms with Crippen molar-refractivity contribution in [2.24, 2.45) is 0 Å². The number of nitrogens with zero attached hydrogens (tertiary/aromatic N) is 2. The zero-order valence-corrected chi connectivity index (χ0v) is 39.5. The van der Waals surface area contributed by atoms with Gasteiger partial charge in [0, 0.05) is 33.1 Å². The minimum absolute atomic E-state index is 0.479. The first-order chi connectivity index (χ1) is 31.4. The van der Waals surface area contributed by atoms with E-state index in [9.17, 15) is 0 Å². The summed E-state index contributed by atoms with van der Waals surface area (Å²) in [5.74, 6) is 1.65. The molecule has 0 unspecified atom stereocenters. The van der Waals surface area contributed by atoms with Gasteiger partial charge >= 0.3 is 0 Å². The molecular weight excluding hydrogens is 793 g/mol. The largest absolute Gasteiger partial charge is 0.487 e. The predicted octanol–water partition coefficient (Wildman–Crippen LogP) is 17.8. The van der Waals surface area contributed by atoms with Gasteiger partial charge < -0.3 is 19.0 Å². The standard InChI is InChI=1S/C61H60N2O2/c1-12-40(5)25-27-45(10)62(52(13-2)61-46(11)49-22-18-21-43(8)60(49)65-61)54-35-30-47-29-33-51-55(36-31-48-28-32-50(54)58(47)59(48)51)63(53-34-26-41(6)37-44(53)9)56-23-16-17-24-57(56)64-38-42(7)20-15-14-19-39(3)4/h12-14,16-37H,3,10,15,38H2,1-2,4-9,11H3/b19-14-,27-25-,40-12-,42-20-,52-13+. The van der Waals surface area contributed by atoms with Gasteiger partial charge in [0.05, 0.1) is 22.8 Å². The van der Waals surface area contributed by atoms with Crippen molar-refractivity contribution < 1.29 is 9.15 Å². The number of hydrogen-bond donors (Lipinski definition) is 0. The number of benzene rings is 7. The summed E-state index contributed by atoms with van der Waals surface area (Å²) >= 11 is 0. The number of hydrogen-bond acceptors (Lipinski definition) is 4. The molecule has 0 saturated carbocycles. The van der Waals surface area contributed by atoms with E-state index in [-0.39, 0.29) is 0 Å². The summed E-state index contributed by atoms with van der Waals surface area (Å²) in [5.41, 5.74) is 14.8.